The second kappa shape index (κ2) is 8.14. The monoisotopic (exact) mass is 394 g/mol. The molecule has 7 heteroatoms. The van der Waals surface area contributed by atoms with Crippen LogP contribution >= 0.6 is 23.2 Å². The Kier molecular flexibility index (Phi) is 5.89. The van der Waals surface area contributed by atoms with Crippen molar-refractivity contribution in [3.8, 4) is 0 Å². The summed E-state index contributed by atoms with van der Waals surface area (Å²) in [5.41, 5.74) is 1.31. The van der Waals surface area contributed by atoms with Crippen LogP contribution in [0.4, 0.5) is 0 Å². The Labute approximate surface area is 162 Å². The summed E-state index contributed by atoms with van der Waals surface area (Å²) >= 11 is 12.3. The zero-order valence-electron chi connectivity index (χ0n) is 14.5. The Morgan fingerprint density at radius 3 is 2.85 bits per heavy atom. The molecule has 5 nitrogen and oxygen atoms in total. The zero-order valence-corrected chi connectivity index (χ0v) is 16.0. The van der Waals surface area contributed by atoms with Crippen LogP contribution in [0.2, 0.25) is 10.0 Å². The first-order valence-electron chi connectivity index (χ1n) is 8.46. The lowest BCUT2D eigenvalue weighted by molar-refractivity contribution is -0.136. The molecule has 1 unspecified atom stereocenters. The lowest BCUT2D eigenvalue weighted by atomic mass is 9.96. The minimum absolute atomic E-state index is 0.00531. The van der Waals surface area contributed by atoms with E-state index >= 15 is 0 Å². The molecule has 0 spiro atoms. The van der Waals surface area contributed by atoms with Gasteiger partial charge in [-0.3, -0.25) is 9.59 Å². The molecule has 1 atom stereocenters. The third-order valence-corrected chi connectivity index (χ3v) is 5.50. The Morgan fingerprint density at radius 1 is 1.31 bits per heavy atom. The van der Waals surface area contributed by atoms with Crippen molar-refractivity contribution in [2.75, 3.05) is 20.1 Å². The molecule has 2 aromatic rings. The molecular formula is C19H20Cl2N2O3. The van der Waals surface area contributed by atoms with Gasteiger partial charge in [-0.25, -0.2) is 0 Å². The maximum absolute atomic E-state index is 12.8. The number of rotatable bonds is 4. The first-order chi connectivity index (χ1) is 12.5. The summed E-state index contributed by atoms with van der Waals surface area (Å²) in [6.45, 7) is 1.44. The van der Waals surface area contributed by atoms with Crippen molar-refractivity contribution in [1.82, 2.24) is 9.80 Å². The predicted octanol–water partition coefficient (Wildman–Crippen LogP) is 4.10. The molecular weight excluding hydrogens is 375 g/mol. The van der Waals surface area contributed by atoms with E-state index in [1.54, 1.807) is 29.0 Å². The number of hydrogen-bond donors (Lipinski definition) is 0. The number of carbonyl (C=O) groups is 2. The lowest BCUT2D eigenvalue weighted by Crippen LogP contribution is -2.45. The van der Waals surface area contributed by atoms with Crippen molar-refractivity contribution in [3.05, 3.63) is 58.0 Å². The largest absolute Gasteiger partial charge is 0.472 e. The molecule has 138 valence electrons. The molecule has 1 aliphatic heterocycles. The number of nitrogens with zero attached hydrogens (tertiary/aromatic N) is 2. The van der Waals surface area contributed by atoms with Crippen molar-refractivity contribution in [3.63, 3.8) is 0 Å². The molecule has 1 aliphatic rings. The maximum Gasteiger partial charge on any atom is 0.257 e. The van der Waals surface area contributed by atoms with Crippen LogP contribution in [0, 0.1) is 5.92 Å². The highest BCUT2D eigenvalue weighted by Crippen LogP contribution is 2.27. The first kappa shape index (κ1) is 18.8. The van der Waals surface area contributed by atoms with Gasteiger partial charge in [-0.1, -0.05) is 35.3 Å². The average molecular weight is 395 g/mol. The topological polar surface area (TPSA) is 53.8 Å². The van der Waals surface area contributed by atoms with Crippen LogP contribution in [0.1, 0.15) is 28.8 Å². The van der Waals surface area contributed by atoms with Gasteiger partial charge in [0.1, 0.15) is 6.26 Å². The molecule has 2 amide bonds. The summed E-state index contributed by atoms with van der Waals surface area (Å²) in [4.78, 5) is 28.7. The number of piperidine rings is 1. The van der Waals surface area contributed by atoms with E-state index in [-0.39, 0.29) is 17.7 Å². The van der Waals surface area contributed by atoms with Crippen LogP contribution in [0.15, 0.2) is 41.2 Å². The molecule has 2 heterocycles. The Balaban J connectivity index is 1.65. The van der Waals surface area contributed by atoms with Crippen LogP contribution in [0.3, 0.4) is 0 Å². The van der Waals surface area contributed by atoms with Crippen molar-refractivity contribution < 1.29 is 14.0 Å². The summed E-state index contributed by atoms with van der Waals surface area (Å²) < 4.78 is 4.98. The van der Waals surface area contributed by atoms with E-state index < -0.39 is 0 Å². The number of amides is 2. The van der Waals surface area contributed by atoms with Crippen LogP contribution in [-0.2, 0) is 11.3 Å². The summed E-state index contributed by atoms with van der Waals surface area (Å²) in [5.74, 6) is -0.315. The molecule has 0 bridgehead atoms. The minimum Gasteiger partial charge on any atom is -0.472 e. The fourth-order valence-electron chi connectivity index (χ4n) is 3.25. The van der Waals surface area contributed by atoms with Gasteiger partial charge in [0, 0.05) is 26.7 Å². The van der Waals surface area contributed by atoms with E-state index in [4.69, 9.17) is 27.6 Å². The van der Waals surface area contributed by atoms with Gasteiger partial charge in [-0.05, 0) is 30.5 Å². The van der Waals surface area contributed by atoms with Gasteiger partial charge in [0.2, 0.25) is 5.91 Å². The van der Waals surface area contributed by atoms with Crippen molar-refractivity contribution >= 4 is 35.0 Å². The second-order valence-corrected chi connectivity index (χ2v) is 7.29. The summed E-state index contributed by atoms with van der Waals surface area (Å²) in [5, 5.41) is 0.939. The Bertz CT molecular complexity index is 792. The van der Waals surface area contributed by atoms with Gasteiger partial charge < -0.3 is 14.2 Å². The smallest absolute Gasteiger partial charge is 0.257 e. The van der Waals surface area contributed by atoms with E-state index in [2.05, 4.69) is 0 Å². The number of furan rings is 1. The minimum atomic E-state index is -0.220. The third-order valence-electron chi connectivity index (χ3n) is 4.64. The number of hydrogen-bond acceptors (Lipinski definition) is 3. The van der Waals surface area contributed by atoms with Gasteiger partial charge >= 0.3 is 0 Å². The highest BCUT2D eigenvalue weighted by molar-refractivity contribution is 6.42. The highest BCUT2D eigenvalue weighted by atomic mass is 35.5. The maximum atomic E-state index is 12.8. The summed E-state index contributed by atoms with van der Waals surface area (Å²) in [7, 11) is 1.75. The second-order valence-electron chi connectivity index (χ2n) is 6.51. The zero-order chi connectivity index (χ0) is 18.7. The number of halogens is 2. The number of likely N-dealkylation sites (tertiary alicyclic amines) is 1. The molecule has 0 aliphatic carbocycles. The first-order valence-corrected chi connectivity index (χ1v) is 9.22. The van der Waals surface area contributed by atoms with Crippen LogP contribution in [0.25, 0.3) is 0 Å². The SMILES string of the molecule is CN(Cc1cccc(Cl)c1Cl)C(=O)C1CCCN(C(=O)c2ccoc2)C1. The number of carbonyl (C=O) groups excluding carboxylic acids is 2. The quantitative estimate of drug-likeness (QED) is 0.784. The van der Waals surface area contributed by atoms with Gasteiger partial charge in [0.05, 0.1) is 27.8 Å². The molecule has 1 fully saturated rings. The van der Waals surface area contributed by atoms with E-state index in [9.17, 15) is 9.59 Å². The van der Waals surface area contributed by atoms with E-state index in [0.717, 1.165) is 18.4 Å². The predicted molar refractivity (Wildman–Crippen MR) is 100 cm³/mol. The Morgan fingerprint density at radius 2 is 2.12 bits per heavy atom. The van der Waals surface area contributed by atoms with Gasteiger partial charge in [0.25, 0.3) is 5.91 Å². The van der Waals surface area contributed by atoms with Crippen molar-refractivity contribution in [2.45, 2.75) is 19.4 Å². The molecule has 3 rings (SSSR count). The Hall–Kier alpha value is -1.98. The summed E-state index contributed by atoms with van der Waals surface area (Å²) in [6.07, 6.45) is 4.47. The van der Waals surface area contributed by atoms with Gasteiger partial charge in [-0.15, -0.1) is 0 Å². The fraction of sp³-hybridized carbons (Fsp3) is 0.368. The van der Waals surface area contributed by atoms with E-state index in [0.29, 0.717) is 35.2 Å². The van der Waals surface area contributed by atoms with Crippen LogP contribution in [0.5, 0.6) is 0 Å². The van der Waals surface area contributed by atoms with Gasteiger partial charge in [0.15, 0.2) is 0 Å². The average Bonchev–Trinajstić information content (AvgIpc) is 3.19. The molecule has 0 N–H and O–H groups in total. The normalized spacial score (nSPS) is 17.2. The molecule has 0 radical (unpaired) electrons. The molecule has 26 heavy (non-hydrogen) atoms. The molecule has 1 saturated heterocycles. The fourth-order valence-corrected chi connectivity index (χ4v) is 3.63. The number of benzene rings is 1. The van der Waals surface area contributed by atoms with Crippen LogP contribution < -0.4 is 0 Å². The standard InChI is InChI=1S/C19H20Cl2N2O3/c1-22(10-13-4-2-6-16(20)17(13)21)18(24)14-5-3-8-23(11-14)19(25)15-7-9-26-12-15/h2,4,6-7,9,12,14H,3,5,8,10-11H2,1H3. The van der Waals surface area contributed by atoms with Crippen LogP contribution in [-0.4, -0.2) is 41.8 Å². The highest BCUT2D eigenvalue weighted by Gasteiger charge is 2.31. The lowest BCUT2D eigenvalue weighted by Gasteiger charge is -2.34. The molecule has 1 aromatic heterocycles. The van der Waals surface area contributed by atoms with E-state index in [1.165, 1.54) is 12.5 Å². The van der Waals surface area contributed by atoms with Crippen molar-refractivity contribution in [1.29, 1.82) is 0 Å². The molecule has 1 aromatic carbocycles. The van der Waals surface area contributed by atoms with Gasteiger partial charge in [-0.2, -0.15) is 0 Å². The van der Waals surface area contributed by atoms with E-state index in [1.807, 2.05) is 12.1 Å². The third kappa shape index (κ3) is 4.05. The summed E-state index contributed by atoms with van der Waals surface area (Å²) in [6, 6.07) is 7.03. The van der Waals surface area contributed by atoms with Crippen molar-refractivity contribution in [2.24, 2.45) is 5.92 Å². The molecule has 0 saturated carbocycles.